The predicted molar refractivity (Wildman–Crippen MR) is 161 cm³/mol. The molecule has 1 aromatic heterocycles. The number of halogens is 1. The van der Waals surface area contributed by atoms with Crippen molar-refractivity contribution in [2.24, 2.45) is 0 Å². The van der Waals surface area contributed by atoms with E-state index in [0.29, 0.717) is 25.1 Å². The maximum Gasteiger partial charge on any atom is 0.409 e. The number of alkyl halides is 1. The Labute approximate surface area is 269 Å². The van der Waals surface area contributed by atoms with Crippen molar-refractivity contribution in [3.8, 4) is 11.6 Å². The third kappa shape index (κ3) is 8.95. The number of amides is 5. The Morgan fingerprint density at radius 3 is 2.40 bits per heavy atom. The first kappa shape index (κ1) is 34.6. The van der Waals surface area contributed by atoms with E-state index < -0.39 is 67.5 Å². The van der Waals surface area contributed by atoms with Crippen LogP contribution in [-0.2, 0) is 23.9 Å². The van der Waals surface area contributed by atoms with Crippen LogP contribution in [0.25, 0.3) is 5.69 Å². The summed E-state index contributed by atoms with van der Waals surface area (Å²) in [7, 11) is 0. The number of likely N-dealkylation sites (tertiary alicyclic amines) is 1. The molecule has 4 rings (SSSR count). The lowest BCUT2D eigenvalue weighted by Crippen LogP contribution is -2.56. The highest BCUT2D eigenvalue weighted by Gasteiger charge is 2.35. The molecule has 2 aliphatic rings. The largest absolute Gasteiger partial charge is 0.481 e. The normalized spacial score (nSPS) is 16.7. The van der Waals surface area contributed by atoms with Crippen molar-refractivity contribution in [3.63, 3.8) is 0 Å². The second-order valence-corrected chi connectivity index (χ2v) is 10.8. The number of hydrogen-bond acceptors (Lipinski definition) is 9. The molecule has 1 aromatic carbocycles. The molecule has 17 heteroatoms. The van der Waals surface area contributed by atoms with E-state index in [1.807, 2.05) is 0 Å². The minimum atomic E-state index is -1.43. The van der Waals surface area contributed by atoms with Crippen LogP contribution in [0.15, 0.2) is 36.4 Å². The molecule has 0 spiro atoms. The summed E-state index contributed by atoms with van der Waals surface area (Å²) in [5, 5.41) is 18.7. The summed E-state index contributed by atoms with van der Waals surface area (Å²) in [6, 6.07) is 7.64. The van der Waals surface area contributed by atoms with E-state index in [2.05, 4.69) is 15.7 Å². The summed E-state index contributed by atoms with van der Waals surface area (Å²) in [5.74, 6) is -3.75. The van der Waals surface area contributed by atoms with Crippen LogP contribution < -0.4 is 15.4 Å². The number of nitrogens with zero attached hydrogens (tertiary/aromatic N) is 5. The second kappa shape index (κ2) is 16.4. The first-order chi connectivity index (χ1) is 22.6. The molecule has 3 heterocycles. The number of para-hydroxylation sites is 1. The highest BCUT2D eigenvalue weighted by molar-refractivity contribution is 5.97. The summed E-state index contributed by atoms with van der Waals surface area (Å²) in [5.41, 5.74) is 0.271. The van der Waals surface area contributed by atoms with Crippen molar-refractivity contribution >= 4 is 35.7 Å². The van der Waals surface area contributed by atoms with Crippen LogP contribution in [0.3, 0.4) is 0 Å². The number of carbonyl (C=O) groups is 6. The fourth-order valence-corrected chi connectivity index (χ4v) is 5.33. The lowest BCUT2D eigenvalue weighted by atomic mass is 10.1. The van der Waals surface area contributed by atoms with Crippen LogP contribution in [0.4, 0.5) is 9.18 Å². The standard InChI is InChI=1S/C30H38FN7O9/c1-2-46-30(45)36-15-13-35(14-16-36)29(44)22(18-26(40)41)33-27(42)21-17-25(38(34-21)20-7-4-3-5-8-20)47-19-24(39)37-12-6-9-23(37)28(43)32-11-10-31/h3-5,7-8,17,22-23H,2,6,9-16,18-19H2,1H3,(H,32,43)(H,33,42)(H,40,41). The van der Waals surface area contributed by atoms with Crippen molar-refractivity contribution < 1.29 is 47.7 Å². The van der Waals surface area contributed by atoms with Gasteiger partial charge in [-0.1, -0.05) is 18.2 Å². The molecule has 2 saturated heterocycles. The Bertz CT molecular complexity index is 1450. The van der Waals surface area contributed by atoms with E-state index in [-0.39, 0.29) is 50.9 Å². The van der Waals surface area contributed by atoms with E-state index in [4.69, 9.17) is 9.47 Å². The molecular formula is C30H38FN7O9. The Morgan fingerprint density at radius 1 is 1.04 bits per heavy atom. The maximum absolute atomic E-state index is 13.4. The van der Waals surface area contributed by atoms with Crippen molar-refractivity contribution in [3.05, 3.63) is 42.1 Å². The van der Waals surface area contributed by atoms with E-state index in [9.17, 15) is 38.3 Å². The summed E-state index contributed by atoms with van der Waals surface area (Å²) in [4.78, 5) is 80.0. The van der Waals surface area contributed by atoms with Crippen LogP contribution in [0, 0.1) is 0 Å². The molecule has 2 fully saturated rings. The smallest absolute Gasteiger partial charge is 0.409 e. The van der Waals surface area contributed by atoms with Crippen molar-refractivity contribution in [2.75, 3.05) is 59.2 Å². The van der Waals surface area contributed by atoms with Crippen LogP contribution in [-0.4, -0.2) is 137 Å². The zero-order valence-corrected chi connectivity index (χ0v) is 25.9. The molecule has 254 valence electrons. The average Bonchev–Trinajstić information content (AvgIpc) is 3.74. The van der Waals surface area contributed by atoms with Gasteiger partial charge in [0, 0.05) is 45.3 Å². The van der Waals surface area contributed by atoms with Gasteiger partial charge in [0.2, 0.25) is 17.7 Å². The molecule has 3 N–H and O–H groups in total. The highest BCUT2D eigenvalue weighted by Crippen LogP contribution is 2.22. The van der Waals surface area contributed by atoms with Gasteiger partial charge in [0.1, 0.15) is 18.8 Å². The van der Waals surface area contributed by atoms with Crippen LogP contribution in [0.2, 0.25) is 0 Å². The molecule has 2 aromatic rings. The van der Waals surface area contributed by atoms with Crippen LogP contribution >= 0.6 is 0 Å². The van der Waals surface area contributed by atoms with E-state index in [0.717, 1.165) is 0 Å². The number of piperazine rings is 1. The molecule has 16 nitrogen and oxygen atoms in total. The van der Waals surface area contributed by atoms with Gasteiger partial charge in [-0.25, -0.2) is 13.9 Å². The molecule has 0 bridgehead atoms. The minimum Gasteiger partial charge on any atom is -0.481 e. The Kier molecular flexibility index (Phi) is 12.1. The lowest BCUT2D eigenvalue weighted by molar-refractivity contribution is -0.143. The second-order valence-electron chi connectivity index (χ2n) is 10.8. The predicted octanol–water partition coefficient (Wildman–Crippen LogP) is 0.202. The number of hydrogen-bond donors (Lipinski definition) is 3. The number of nitrogens with one attached hydrogen (secondary N) is 2. The number of carboxylic acids is 1. The number of benzene rings is 1. The molecule has 0 saturated carbocycles. The number of carboxylic acid groups (broad SMARTS) is 1. The van der Waals surface area contributed by atoms with Crippen LogP contribution in [0.5, 0.6) is 5.88 Å². The molecule has 2 atom stereocenters. The molecular weight excluding hydrogens is 621 g/mol. The van der Waals surface area contributed by atoms with Gasteiger partial charge in [0.25, 0.3) is 11.8 Å². The quantitative estimate of drug-likeness (QED) is 0.268. The zero-order valence-electron chi connectivity index (χ0n) is 25.9. The summed E-state index contributed by atoms with van der Waals surface area (Å²) < 4.78 is 24.6. The van der Waals surface area contributed by atoms with Crippen molar-refractivity contribution in [1.29, 1.82) is 0 Å². The average molecular weight is 660 g/mol. The molecule has 0 aliphatic carbocycles. The minimum absolute atomic E-state index is 0.00326. The van der Waals surface area contributed by atoms with Crippen LogP contribution in [0.1, 0.15) is 36.7 Å². The number of ether oxygens (including phenoxy) is 2. The van der Waals surface area contributed by atoms with Crippen molar-refractivity contribution in [2.45, 2.75) is 38.3 Å². The van der Waals surface area contributed by atoms with Crippen molar-refractivity contribution in [1.82, 2.24) is 35.1 Å². The fourth-order valence-electron chi connectivity index (χ4n) is 5.33. The first-order valence-electron chi connectivity index (χ1n) is 15.3. The monoisotopic (exact) mass is 659 g/mol. The first-order valence-corrected chi connectivity index (χ1v) is 15.3. The topological polar surface area (TPSA) is 193 Å². The molecule has 47 heavy (non-hydrogen) atoms. The van der Waals surface area contributed by atoms with Gasteiger partial charge < -0.3 is 39.9 Å². The maximum atomic E-state index is 13.4. The number of carbonyl (C=O) groups excluding carboxylic acids is 5. The van der Waals surface area contributed by atoms with E-state index in [1.165, 1.54) is 25.4 Å². The van der Waals surface area contributed by atoms with E-state index in [1.54, 1.807) is 37.3 Å². The van der Waals surface area contributed by atoms with Gasteiger partial charge in [0.05, 0.1) is 18.7 Å². The fraction of sp³-hybridized carbons (Fsp3) is 0.500. The number of aromatic nitrogens is 2. The Balaban J connectivity index is 1.47. The highest BCUT2D eigenvalue weighted by atomic mass is 19.1. The Hall–Kier alpha value is -5.22. The third-order valence-electron chi connectivity index (χ3n) is 7.62. The number of rotatable bonds is 13. The van der Waals surface area contributed by atoms with Gasteiger partial charge in [-0.2, -0.15) is 5.10 Å². The number of aliphatic carboxylic acids is 1. The summed E-state index contributed by atoms with van der Waals surface area (Å²) in [6.45, 7) is 1.42. The molecule has 2 unspecified atom stereocenters. The van der Waals surface area contributed by atoms with Gasteiger partial charge in [0.15, 0.2) is 12.3 Å². The van der Waals surface area contributed by atoms with Gasteiger partial charge in [-0.05, 0) is 31.9 Å². The third-order valence-corrected chi connectivity index (χ3v) is 7.62. The van der Waals surface area contributed by atoms with Gasteiger partial charge in [-0.3, -0.25) is 24.0 Å². The lowest BCUT2D eigenvalue weighted by Gasteiger charge is -2.35. The molecule has 5 amide bonds. The summed E-state index contributed by atoms with van der Waals surface area (Å²) in [6.07, 6.45) is -0.199. The summed E-state index contributed by atoms with van der Waals surface area (Å²) >= 11 is 0. The SMILES string of the molecule is CCOC(=O)N1CCN(C(=O)C(CC(=O)O)NC(=O)c2cc(OCC(=O)N3CCCC3C(=O)NCCF)n(-c3ccccc3)n2)CC1. The zero-order chi connectivity index (χ0) is 33.9. The van der Waals surface area contributed by atoms with Gasteiger partial charge >= 0.3 is 12.1 Å². The van der Waals surface area contributed by atoms with Gasteiger partial charge in [-0.15, -0.1) is 0 Å². The molecule has 0 radical (unpaired) electrons. The Morgan fingerprint density at radius 2 is 1.74 bits per heavy atom. The molecule has 2 aliphatic heterocycles. The van der Waals surface area contributed by atoms with E-state index >= 15 is 0 Å².